The molecule has 0 unspecified atom stereocenters. The van der Waals surface area contributed by atoms with E-state index in [0.717, 1.165) is 20.8 Å². The van der Waals surface area contributed by atoms with Crippen LogP contribution in [0, 0.1) is 11.3 Å². The number of nitrogens with zero attached hydrogens (tertiary/aromatic N) is 1. The van der Waals surface area contributed by atoms with Crippen LogP contribution >= 0.6 is 15.9 Å². The van der Waals surface area contributed by atoms with Gasteiger partial charge in [-0.1, -0.05) is 22.0 Å². The molecule has 0 aliphatic heterocycles. The highest BCUT2D eigenvalue weighted by Gasteiger charge is 2.15. The fourth-order valence-corrected chi connectivity index (χ4v) is 2.76. The third-order valence-electron chi connectivity index (χ3n) is 3.06. The van der Waals surface area contributed by atoms with Crippen molar-refractivity contribution in [3.8, 4) is 6.07 Å². The van der Waals surface area contributed by atoms with Crippen LogP contribution in [-0.2, 0) is 0 Å². The lowest BCUT2D eigenvalue weighted by atomic mass is 10.1. The van der Waals surface area contributed by atoms with Gasteiger partial charge in [0.25, 0.3) is 0 Å². The first-order valence-corrected chi connectivity index (χ1v) is 6.28. The summed E-state index contributed by atoms with van der Waals surface area (Å²) >= 11 is 3.44. The number of aromatic carboxylic acids is 1. The number of rotatable bonds is 1. The topological polar surface area (TPSA) is 76.9 Å². The van der Waals surface area contributed by atoms with Crippen molar-refractivity contribution < 1.29 is 9.90 Å². The molecule has 19 heavy (non-hydrogen) atoms. The van der Waals surface area contributed by atoms with Crippen LogP contribution in [0.3, 0.4) is 0 Å². The summed E-state index contributed by atoms with van der Waals surface area (Å²) in [7, 11) is 0. The second kappa shape index (κ2) is 4.11. The van der Waals surface area contributed by atoms with Crippen molar-refractivity contribution in [2.24, 2.45) is 0 Å². The monoisotopic (exact) mass is 314 g/mol. The van der Waals surface area contributed by atoms with Crippen molar-refractivity contribution in [2.75, 3.05) is 0 Å². The molecule has 5 heteroatoms. The summed E-state index contributed by atoms with van der Waals surface area (Å²) in [5.41, 5.74) is 2.07. The van der Waals surface area contributed by atoms with Gasteiger partial charge in [-0.2, -0.15) is 5.26 Å². The number of carboxylic acids is 1. The zero-order valence-electron chi connectivity index (χ0n) is 9.57. The first-order chi connectivity index (χ1) is 9.11. The number of aromatic amines is 1. The first-order valence-electron chi connectivity index (χ1n) is 5.49. The van der Waals surface area contributed by atoms with E-state index in [4.69, 9.17) is 5.26 Å². The van der Waals surface area contributed by atoms with E-state index in [1.165, 1.54) is 0 Å². The Morgan fingerprint density at radius 2 is 2.11 bits per heavy atom. The molecule has 3 aromatic rings. The van der Waals surface area contributed by atoms with Gasteiger partial charge in [-0.15, -0.1) is 0 Å². The van der Waals surface area contributed by atoms with Gasteiger partial charge in [0.1, 0.15) is 0 Å². The quantitative estimate of drug-likeness (QED) is 0.719. The van der Waals surface area contributed by atoms with Gasteiger partial charge in [0.05, 0.1) is 22.7 Å². The molecule has 0 aliphatic carbocycles. The van der Waals surface area contributed by atoms with Crippen LogP contribution in [0.5, 0.6) is 0 Å². The van der Waals surface area contributed by atoms with E-state index in [1.807, 2.05) is 6.07 Å². The number of nitriles is 1. The van der Waals surface area contributed by atoms with Crippen LogP contribution in [0.15, 0.2) is 34.8 Å². The Bertz CT molecular complexity index is 874. The number of hydrogen-bond acceptors (Lipinski definition) is 2. The first kappa shape index (κ1) is 11.8. The van der Waals surface area contributed by atoms with Crippen molar-refractivity contribution in [3.63, 3.8) is 0 Å². The lowest BCUT2D eigenvalue weighted by molar-refractivity contribution is 0.0699. The summed E-state index contributed by atoms with van der Waals surface area (Å²) in [5.74, 6) is -0.982. The number of nitrogens with one attached hydrogen (secondary N) is 1. The smallest absolute Gasteiger partial charge is 0.337 e. The highest BCUT2D eigenvalue weighted by Crippen LogP contribution is 2.34. The summed E-state index contributed by atoms with van der Waals surface area (Å²) in [5, 5.41) is 19.8. The molecule has 2 N–H and O–H groups in total. The average Bonchev–Trinajstić information content (AvgIpc) is 2.77. The lowest BCUT2D eigenvalue weighted by Gasteiger charge is -1.99. The number of carbonyl (C=O) groups is 1. The van der Waals surface area contributed by atoms with Gasteiger partial charge in [0.2, 0.25) is 0 Å². The molecule has 0 radical (unpaired) electrons. The Labute approximate surface area is 116 Å². The zero-order valence-corrected chi connectivity index (χ0v) is 11.2. The van der Waals surface area contributed by atoms with E-state index in [-0.39, 0.29) is 5.56 Å². The highest BCUT2D eigenvalue weighted by atomic mass is 79.9. The minimum Gasteiger partial charge on any atom is -0.478 e. The minimum absolute atomic E-state index is 0.216. The molecule has 0 bridgehead atoms. The lowest BCUT2D eigenvalue weighted by Crippen LogP contribution is -1.97. The Balaban J connectivity index is 2.52. The van der Waals surface area contributed by atoms with Gasteiger partial charge in [0, 0.05) is 20.8 Å². The van der Waals surface area contributed by atoms with Crippen LogP contribution in [-0.4, -0.2) is 16.1 Å². The van der Waals surface area contributed by atoms with Gasteiger partial charge in [0.15, 0.2) is 0 Å². The summed E-state index contributed by atoms with van der Waals surface area (Å²) in [6.07, 6.45) is 0. The van der Waals surface area contributed by atoms with Crippen molar-refractivity contribution in [1.82, 2.24) is 4.98 Å². The summed E-state index contributed by atoms with van der Waals surface area (Å²) in [6, 6.07) is 10.6. The third-order valence-corrected chi connectivity index (χ3v) is 3.72. The Morgan fingerprint density at radius 3 is 2.79 bits per heavy atom. The summed E-state index contributed by atoms with van der Waals surface area (Å²) in [4.78, 5) is 14.3. The van der Waals surface area contributed by atoms with Gasteiger partial charge in [-0.3, -0.25) is 0 Å². The van der Waals surface area contributed by atoms with Crippen LogP contribution in [0.1, 0.15) is 15.9 Å². The molecule has 0 amide bonds. The van der Waals surface area contributed by atoms with E-state index in [1.54, 1.807) is 24.3 Å². The van der Waals surface area contributed by atoms with Crippen LogP contribution in [0.25, 0.3) is 21.8 Å². The maximum absolute atomic E-state index is 11.2. The van der Waals surface area contributed by atoms with Crippen molar-refractivity contribution in [3.05, 3.63) is 45.9 Å². The van der Waals surface area contributed by atoms with Crippen LogP contribution in [0.2, 0.25) is 0 Å². The van der Waals surface area contributed by atoms with Gasteiger partial charge in [-0.25, -0.2) is 4.79 Å². The number of H-pyrrole nitrogens is 1. The molecule has 0 saturated heterocycles. The number of benzene rings is 2. The van der Waals surface area contributed by atoms with Gasteiger partial charge in [-0.05, 0) is 24.3 Å². The molecule has 0 spiro atoms. The van der Waals surface area contributed by atoms with E-state index in [0.29, 0.717) is 11.1 Å². The zero-order chi connectivity index (χ0) is 13.6. The van der Waals surface area contributed by atoms with E-state index >= 15 is 0 Å². The molecule has 2 aromatic carbocycles. The number of fused-ring (bicyclic) bond motifs is 3. The molecule has 4 nitrogen and oxygen atoms in total. The van der Waals surface area contributed by atoms with E-state index in [9.17, 15) is 9.90 Å². The standard InChI is InChI=1S/C14H7BrN2O2/c15-10-4-3-9(14(18)19)13-12(10)8-2-1-7(6-16)5-11(8)17-13/h1-5,17H,(H,18,19). The molecule has 0 saturated carbocycles. The van der Waals surface area contributed by atoms with Gasteiger partial charge < -0.3 is 10.1 Å². The maximum atomic E-state index is 11.2. The van der Waals surface area contributed by atoms with Crippen molar-refractivity contribution >= 4 is 43.7 Å². The number of halogens is 1. The van der Waals surface area contributed by atoms with Crippen LogP contribution < -0.4 is 0 Å². The van der Waals surface area contributed by atoms with Crippen molar-refractivity contribution in [2.45, 2.75) is 0 Å². The Hall–Kier alpha value is -2.32. The second-order valence-electron chi connectivity index (χ2n) is 4.15. The number of hydrogen-bond donors (Lipinski definition) is 2. The summed E-state index contributed by atoms with van der Waals surface area (Å²) < 4.78 is 0.823. The predicted molar refractivity (Wildman–Crippen MR) is 75.2 cm³/mol. The number of aromatic nitrogens is 1. The third kappa shape index (κ3) is 1.69. The molecule has 0 atom stereocenters. The molecular weight excluding hydrogens is 308 g/mol. The molecule has 3 rings (SSSR count). The van der Waals surface area contributed by atoms with Crippen molar-refractivity contribution in [1.29, 1.82) is 5.26 Å². The Kier molecular flexibility index (Phi) is 2.54. The van der Waals surface area contributed by atoms with E-state index in [2.05, 4.69) is 27.0 Å². The second-order valence-corrected chi connectivity index (χ2v) is 5.00. The highest BCUT2D eigenvalue weighted by molar-refractivity contribution is 9.10. The molecular formula is C14H7BrN2O2. The average molecular weight is 315 g/mol. The molecule has 92 valence electrons. The SMILES string of the molecule is N#Cc1ccc2c(c1)[nH]c1c(C(=O)O)ccc(Br)c12. The van der Waals surface area contributed by atoms with Crippen LogP contribution in [0.4, 0.5) is 0 Å². The predicted octanol–water partition coefficient (Wildman–Crippen LogP) is 3.65. The number of carboxylic acid groups (broad SMARTS) is 1. The maximum Gasteiger partial charge on any atom is 0.337 e. The largest absolute Gasteiger partial charge is 0.478 e. The molecule has 0 aliphatic rings. The van der Waals surface area contributed by atoms with E-state index < -0.39 is 5.97 Å². The molecule has 1 heterocycles. The minimum atomic E-state index is -0.982. The summed E-state index contributed by atoms with van der Waals surface area (Å²) in [6.45, 7) is 0. The normalized spacial score (nSPS) is 10.7. The Morgan fingerprint density at radius 1 is 1.32 bits per heavy atom. The molecule has 1 aromatic heterocycles. The fourth-order valence-electron chi connectivity index (χ4n) is 2.22. The fraction of sp³-hybridized carbons (Fsp3) is 0. The van der Waals surface area contributed by atoms with Gasteiger partial charge >= 0.3 is 5.97 Å². The molecule has 0 fully saturated rings.